The SMILES string of the molecule is CC#Cc1cc(-c2ccc3ccc4cccc5ccc2c3c45)cc2c1oc1ccc(-c3ccc4ccc5cccc6ccc3c4c56)cc12. The topological polar surface area (TPSA) is 13.1 Å². The summed E-state index contributed by atoms with van der Waals surface area (Å²) >= 11 is 0. The van der Waals surface area contributed by atoms with Crippen LogP contribution in [0, 0.1) is 11.8 Å². The molecule has 0 radical (unpaired) electrons. The van der Waals surface area contributed by atoms with Crippen LogP contribution in [0.15, 0.2) is 144 Å². The van der Waals surface area contributed by atoms with Crippen LogP contribution in [0.4, 0.5) is 0 Å². The highest BCUT2D eigenvalue weighted by atomic mass is 16.3. The van der Waals surface area contributed by atoms with Gasteiger partial charge in [-0.15, -0.1) is 5.92 Å². The molecule has 11 aromatic rings. The summed E-state index contributed by atoms with van der Waals surface area (Å²) in [7, 11) is 0. The zero-order chi connectivity index (χ0) is 31.5. The van der Waals surface area contributed by atoms with Gasteiger partial charge in [0.05, 0.1) is 5.56 Å². The molecule has 0 aliphatic carbocycles. The molecule has 1 aromatic heterocycles. The fraction of sp³-hybridized carbons (Fsp3) is 0.0213. The van der Waals surface area contributed by atoms with E-state index in [-0.39, 0.29) is 0 Å². The van der Waals surface area contributed by atoms with E-state index in [1.165, 1.54) is 81.3 Å². The van der Waals surface area contributed by atoms with Crippen molar-refractivity contribution in [3.05, 3.63) is 145 Å². The lowest BCUT2D eigenvalue weighted by atomic mass is 9.88. The van der Waals surface area contributed by atoms with Crippen LogP contribution in [0.2, 0.25) is 0 Å². The van der Waals surface area contributed by atoms with E-state index < -0.39 is 0 Å². The number of fused-ring (bicyclic) bond motifs is 3. The van der Waals surface area contributed by atoms with Crippen molar-refractivity contribution in [2.45, 2.75) is 6.92 Å². The predicted octanol–water partition coefficient (Wildman–Crippen LogP) is 13.1. The number of benzene rings is 10. The third-order valence-corrected chi connectivity index (χ3v) is 10.5. The lowest BCUT2D eigenvalue weighted by molar-refractivity contribution is 0.668. The van der Waals surface area contributed by atoms with Crippen LogP contribution in [0.5, 0.6) is 0 Å². The summed E-state index contributed by atoms with van der Waals surface area (Å²) in [6.45, 7) is 1.89. The van der Waals surface area contributed by atoms with Gasteiger partial charge in [-0.25, -0.2) is 0 Å². The molecule has 0 fully saturated rings. The van der Waals surface area contributed by atoms with Crippen molar-refractivity contribution in [3.63, 3.8) is 0 Å². The Balaban J connectivity index is 1.17. The van der Waals surface area contributed by atoms with Crippen molar-refractivity contribution in [1.29, 1.82) is 0 Å². The second-order valence-electron chi connectivity index (χ2n) is 13.0. The lowest BCUT2D eigenvalue weighted by Gasteiger charge is -2.14. The van der Waals surface area contributed by atoms with E-state index in [2.05, 4.69) is 151 Å². The van der Waals surface area contributed by atoms with Gasteiger partial charge in [0.1, 0.15) is 5.58 Å². The third-order valence-electron chi connectivity index (χ3n) is 10.5. The highest BCUT2D eigenvalue weighted by Crippen LogP contribution is 2.44. The first-order valence-corrected chi connectivity index (χ1v) is 16.5. The first-order chi connectivity index (χ1) is 23.7. The van der Waals surface area contributed by atoms with E-state index in [4.69, 9.17) is 4.42 Å². The van der Waals surface area contributed by atoms with Crippen LogP contribution in [0.1, 0.15) is 12.5 Å². The Morgan fingerprint density at radius 3 is 1.50 bits per heavy atom. The van der Waals surface area contributed by atoms with Crippen LogP contribution < -0.4 is 0 Å². The van der Waals surface area contributed by atoms with E-state index in [9.17, 15) is 0 Å². The van der Waals surface area contributed by atoms with Crippen molar-refractivity contribution < 1.29 is 4.42 Å². The average Bonchev–Trinajstić information content (AvgIpc) is 3.51. The van der Waals surface area contributed by atoms with Crippen molar-refractivity contribution >= 4 is 86.6 Å². The molecular formula is C47H26O. The van der Waals surface area contributed by atoms with Crippen LogP contribution in [-0.2, 0) is 0 Å². The Hall–Kier alpha value is -6.36. The van der Waals surface area contributed by atoms with Gasteiger partial charge in [-0.2, -0.15) is 0 Å². The molecule has 0 aliphatic rings. The Kier molecular flexibility index (Phi) is 5.02. The minimum Gasteiger partial charge on any atom is -0.455 e. The first-order valence-electron chi connectivity index (χ1n) is 16.5. The quantitative estimate of drug-likeness (QED) is 0.141. The van der Waals surface area contributed by atoms with E-state index in [0.717, 1.165) is 33.1 Å². The molecule has 0 spiro atoms. The van der Waals surface area contributed by atoms with Gasteiger partial charge in [0.25, 0.3) is 0 Å². The molecule has 0 saturated heterocycles. The molecule has 10 aromatic carbocycles. The summed E-state index contributed by atoms with van der Waals surface area (Å²) in [6, 6.07) is 51.4. The van der Waals surface area contributed by atoms with E-state index >= 15 is 0 Å². The Labute approximate surface area is 276 Å². The molecule has 220 valence electrons. The normalized spacial score (nSPS) is 12.1. The molecule has 0 unspecified atom stereocenters. The zero-order valence-electron chi connectivity index (χ0n) is 26.2. The molecule has 1 nitrogen and oxygen atoms in total. The maximum absolute atomic E-state index is 6.58. The van der Waals surface area contributed by atoms with Crippen molar-refractivity contribution in [3.8, 4) is 34.1 Å². The highest BCUT2D eigenvalue weighted by molar-refractivity contribution is 6.27. The molecule has 0 saturated carbocycles. The molecule has 1 heteroatoms. The Morgan fingerprint density at radius 2 is 0.917 bits per heavy atom. The molecule has 48 heavy (non-hydrogen) atoms. The zero-order valence-corrected chi connectivity index (χ0v) is 26.2. The molecule has 0 atom stereocenters. The number of furan rings is 1. The summed E-state index contributed by atoms with van der Waals surface area (Å²) in [4.78, 5) is 0. The van der Waals surface area contributed by atoms with Crippen molar-refractivity contribution in [2.75, 3.05) is 0 Å². The van der Waals surface area contributed by atoms with Crippen LogP contribution >= 0.6 is 0 Å². The highest BCUT2D eigenvalue weighted by Gasteiger charge is 2.18. The van der Waals surface area contributed by atoms with Crippen molar-refractivity contribution in [2.24, 2.45) is 0 Å². The summed E-state index contributed by atoms with van der Waals surface area (Å²) in [5, 5.41) is 17.7. The van der Waals surface area contributed by atoms with Crippen LogP contribution in [0.3, 0.4) is 0 Å². The van der Waals surface area contributed by atoms with Crippen molar-refractivity contribution in [1.82, 2.24) is 0 Å². The summed E-state index contributed by atoms with van der Waals surface area (Å²) in [6.07, 6.45) is 0. The summed E-state index contributed by atoms with van der Waals surface area (Å²) < 4.78 is 6.58. The minimum atomic E-state index is 0.841. The van der Waals surface area contributed by atoms with Gasteiger partial charge in [0, 0.05) is 10.8 Å². The van der Waals surface area contributed by atoms with Crippen LogP contribution in [-0.4, -0.2) is 0 Å². The summed E-state index contributed by atoms with van der Waals surface area (Å²) in [5.74, 6) is 6.52. The Bertz CT molecular complexity index is 3150. The monoisotopic (exact) mass is 606 g/mol. The van der Waals surface area contributed by atoms with E-state index in [1.807, 2.05) is 6.92 Å². The van der Waals surface area contributed by atoms with Crippen LogP contribution in [0.25, 0.3) is 109 Å². The second-order valence-corrected chi connectivity index (χ2v) is 13.0. The van der Waals surface area contributed by atoms with Gasteiger partial charge in [0.2, 0.25) is 0 Å². The third kappa shape index (κ3) is 3.42. The number of hydrogen-bond acceptors (Lipinski definition) is 1. The Morgan fingerprint density at radius 1 is 0.417 bits per heavy atom. The maximum Gasteiger partial charge on any atom is 0.151 e. The second kappa shape index (κ2) is 9.35. The molecule has 0 aliphatic heterocycles. The molecule has 0 amide bonds. The molecular weight excluding hydrogens is 581 g/mol. The smallest absolute Gasteiger partial charge is 0.151 e. The number of hydrogen-bond donors (Lipinski definition) is 0. The van der Waals surface area contributed by atoms with Gasteiger partial charge < -0.3 is 4.42 Å². The maximum atomic E-state index is 6.58. The first kappa shape index (κ1) is 25.8. The van der Waals surface area contributed by atoms with E-state index in [1.54, 1.807) is 0 Å². The van der Waals surface area contributed by atoms with Gasteiger partial charge >= 0.3 is 0 Å². The minimum absolute atomic E-state index is 0.841. The van der Waals surface area contributed by atoms with Gasteiger partial charge in [-0.05, 0) is 118 Å². The van der Waals surface area contributed by atoms with E-state index in [0.29, 0.717) is 0 Å². The average molecular weight is 607 g/mol. The number of rotatable bonds is 2. The molecule has 11 rings (SSSR count). The standard InChI is InChI=1S/C47H26O/c1-2-5-34-24-35(37-20-15-32-13-11-28-7-4-9-30-17-22-39(37)46(32)44(28)30)26-41-40-25-33(18-23-42(40)48-47(34)41)36-19-14-31-12-10-27-6-3-8-29-16-21-38(36)45(31)43(27)29/h3-4,6-26H,1H3. The largest absolute Gasteiger partial charge is 0.455 e. The molecule has 0 N–H and O–H groups in total. The lowest BCUT2D eigenvalue weighted by Crippen LogP contribution is -1.88. The van der Waals surface area contributed by atoms with Gasteiger partial charge in [-0.1, -0.05) is 121 Å². The summed E-state index contributed by atoms with van der Waals surface area (Å²) in [5.41, 5.74) is 7.39. The fourth-order valence-corrected chi connectivity index (χ4v) is 8.40. The van der Waals surface area contributed by atoms with Gasteiger partial charge in [-0.3, -0.25) is 0 Å². The molecule has 1 heterocycles. The molecule has 0 bridgehead atoms. The van der Waals surface area contributed by atoms with Gasteiger partial charge in [0.15, 0.2) is 5.58 Å². The predicted molar refractivity (Wildman–Crippen MR) is 205 cm³/mol. The fourth-order valence-electron chi connectivity index (χ4n) is 8.40.